The number of nitrogens with one attached hydrogen (secondary N) is 2. The lowest BCUT2D eigenvalue weighted by atomic mass is 10.1. The van der Waals surface area contributed by atoms with Crippen LogP contribution in [0.3, 0.4) is 0 Å². The third kappa shape index (κ3) is 4.52. The van der Waals surface area contributed by atoms with Crippen LogP contribution in [0.2, 0.25) is 0 Å². The summed E-state index contributed by atoms with van der Waals surface area (Å²) in [6, 6.07) is 8.96. The average molecular weight is 333 g/mol. The Labute approximate surface area is 137 Å². The fraction of sp³-hybridized carbons (Fsp3) is 0.176. The molecule has 0 fully saturated rings. The molecule has 5 nitrogen and oxygen atoms in total. The van der Waals surface area contributed by atoms with Crippen molar-refractivity contribution in [1.29, 1.82) is 0 Å². The van der Waals surface area contributed by atoms with Gasteiger partial charge in [0.05, 0.1) is 6.04 Å². The molecule has 7 heteroatoms. The number of urea groups is 1. The van der Waals surface area contributed by atoms with E-state index in [1.54, 1.807) is 31.2 Å². The van der Waals surface area contributed by atoms with E-state index in [-0.39, 0.29) is 12.5 Å². The predicted octanol–water partition coefficient (Wildman–Crippen LogP) is 2.62. The van der Waals surface area contributed by atoms with Crippen molar-refractivity contribution >= 4 is 11.9 Å². The van der Waals surface area contributed by atoms with Gasteiger partial charge in [0.1, 0.15) is 0 Å². The van der Waals surface area contributed by atoms with Gasteiger partial charge in [0.15, 0.2) is 11.6 Å². The Hall–Kier alpha value is -2.96. The molecule has 0 bridgehead atoms. The molecule has 0 heterocycles. The molecule has 126 valence electrons. The maximum absolute atomic E-state index is 13.2. The Morgan fingerprint density at radius 2 is 1.75 bits per heavy atom. The fourth-order valence-corrected chi connectivity index (χ4v) is 2.11. The standard InChI is InChI=1S/C17H17F2N3O2/c1-10(13-6-7-14(18)15(19)8-13)22-16(23)12-4-2-11(3-5-12)9-21-17(20)24/h2-8,10H,9H2,1H3,(H,22,23)(H3,20,21,24). The summed E-state index contributed by atoms with van der Waals surface area (Å²) in [6.45, 7) is 1.94. The first kappa shape index (κ1) is 17.4. The third-order valence-electron chi connectivity index (χ3n) is 3.47. The van der Waals surface area contributed by atoms with Crippen LogP contribution < -0.4 is 16.4 Å². The molecule has 4 N–H and O–H groups in total. The zero-order valence-electron chi connectivity index (χ0n) is 13.0. The van der Waals surface area contributed by atoms with Crippen LogP contribution in [0.4, 0.5) is 13.6 Å². The van der Waals surface area contributed by atoms with Crippen molar-refractivity contribution < 1.29 is 18.4 Å². The Morgan fingerprint density at radius 3 is 2.33 bits per heavy atom. The molecular weight excluding hydrogens is 316 g/mol. The maximum atomic E-state index is 13.2. The van der Waals surface area contributed by atoms with Crippen molar-refractivity contribution in [3.63, 3.8) is 0 Å². The van der Waals surface area contributed by atoms with Gasteiger partial charge < -0.3 is 16.4 Å². The number of hydrogen-bond acceptors (Lipinski definition) is 2. The zero-order valence-corrected chi connectivity index (χ0v) is 13.0. The number of carbonyl (C=O) groups excluding carboxylic acids is 2. The number of hydrogen-bond donors (Lipinski definition) is 3. The number of carbonyl (C=O) groups is 2. The molecule has 2 aromatic carbocycles. The van der Waals surface area contributed by atoms with Crippen molar-refractivity contribution in [2.24, 2.45) is 5.73 Å². The fourth-order valence-electron chi connectivity index (χ4n) is 2.11. The lowest BCUT2D eigenvalue weighted by Crippen LogP contribution is -2.29. The summed E-state index contributed by atoms with van der Waals surface area (Å²) in [7, 11) is 0. The Morgan fingerprint density at radius 1 is 1.08 bits per heavy atom. The Kier molecular flexibility index (Phi) is 5.47. The molecule has 1 atom stereocenters. The summed E-state index contributed by atoms with van der Waals surface area (Å²) in [4.78, 5) is 22.8. The minimum Gasteiger partial charge on any atom is -0.352 e. The van der Waals surface area contributed by atoms with Gasteiger partial charge in [0.25, 0.3) is 5.91 Å². The predicted molar refractivity (Wildman–Crippen MR) is 85.1 cm³/mol. The first-order chi connectivity index (χ1) is 11.4. The van der Waals surface area contributed by atoms with E-state index in [2.05, 4.69) is 10.6 Å². The molecule has 3 amide bonds. The highest BCUT2D eigenvalue weighted by molar-refractivity contribution is 5.94. The van der Waals surface area contributed by atoms with E-state index in [4.69, 9.17) is 5.73 Å². The third-order valence-corrected chi connectivity index (χ3v) is 3.47. The molecule has 2 rings (SSSR count). The van der Waals surface area contributed by atoms with Crippen LogP contribution in [0.1, 0.15) is 34.5 Å². The maximum Gasteiger partial charge on any atom is 0.312 e. The van der Waals surface area contributed by atoms with Gasteiger partial charge in [-0.2, -0.15) is 0 Å². The first-order valence-electron chi connectivity index (χ1n) is 7.25. The molecule has 0 spiro atoms. The van der Waals surface area contributed by atoms with Crippen molar-refractivity contribution in [3.8, 4) is 0 Å². The van der Waals surface area contributed by atoms with Crippen LogP contribution in [0.15, 0.2) is 42.5 Å². The Bertz CT molecular complexity index is 748. The summed E-state index contributed by atoms with van der Waals surface area (Å²) in [5.41, 5.74) is 6.65. The van der Waals surface area contributed by atoms with E-state index < -0.39 is 23.7 Å². The van der Waals surface area contributed by atoms with E-state index >= 15 is 0 Å². The molecule has 0 aliphatic heterocycles. The lowest BCUT2D eigenvalue weighted by Gasteiger charge is -2.15. The van der Waals surface area contributed by atoms with Crippen LogP contribution >= 0.6 is 0 Å². The second-order valence-electron chi connectivity index (χ2n) is 5.28. The van der Waals surface area contributed by atoms with Gasteiger partial charge in [-0.05, 0) is 42.3 Å². The number of primary amides is 1. The van der Waals surface area contributed by atoms with Gasteiger partial charge >= 0.3 is 6.03 Å². The molecule has 24 heavy (non-hydrogen) atoms. The second-order valence-corrected chi connectivity index (χ2v) is 5.28. The van der Waals surface area contributed by atoms with E-state index in [0.29, 0.717) is 11.1 Å². The molecular formula is C17H17F2N3O2. The van der Waals surface area contributed by atoms with Crippen LogP contribution in [0.25, 0.3) is 0 Å². The van der Waals surface area contributed by atoms with Gasteiger partial charge in [-0.25, -0.2) is 13.6 Å². The molecule has 0 saturated heterocycles. The van der Waals surface area contributed by atoms with E-state index in [9.17, 15) is 18.4 Å². The van der Waals surface area contributed by atoms with E-state index in [1.165, 1.54) is 6.07 Å². The zero-order chi connectivity index (χ0) is 17.7. The SMILES string of the molecule is CC(NC(=O)c1ccc(CNC(N)=O)cc1)c1ccc(F)c(F)c1. The van der Waals surface area contributed by atoms with Crippen LogP contribution in [-0.2, 0) is 6.54 Å². The molecule has 2 aromatic rings. The average Bonchev–Trinajstić information content (AvgIpc) is 2.55. The van der Waals surface area contributed by atoms with Crippen LogP contribution in [0, 0.1) is 11.6 Å². The lowest BCUT2D eigenvalue weighted by molar-refractivity contribution is 0.0939. The smallest absolute Gasteiger partial charge is 0.312 e. The summed E-state index contributed by atoms with van der Waals surface area (Å²) >= 11 is 0. The van der Waals surface area contributed by atoms with Gasteiger partial charge in [-0.15, -0.1) is 0 Å². The van der Waals surface area contributed by atoms with Crippen molar-refractivity contribution in [2.45, 2.75) is 19.5 Å². The van der Waals surface area contributed by atoms with Gasteiger partial charge in [0, 0.05) is 12.1 Å². The topological polar surface area (TPSA) is 84.2 Å². The van der Waals surface area contributed by atoms with Crippen molar-refractivity contribution in [2.75, 3.05) is 0 Å². The number of halogens is 2. The monoisotopic (exact) mass is 333 g/mol. The highest BCUT2D eigenvalue weighted by Gasteiger charge is 2.13. The minimum absolute atomic E-state index is 0.266. The number of nitrogens with two attached hydrogens (primary N) is 1. The minimum atomic E-state index is -0.958. The van der Waals surface area contributed by atoms with E-state index in [0.717, 1.165) is 17.7 Å². The normalized spacial score (nSPS) is 11.6. The Balaban J connectivity index is 2.00. The second kappa shape index (κ2) is 7.54. The van der Waals surface area contributed by atoms with E-state index in [1.807, 2.05) is 0 Å². The molecule has 0 aromatic heterocycles. The summed E-state index contributed by atoms with van der Waals surface area (Å²) in [6.07, 6.45) is 0. The van der Waals surface area contributed by atoms with Crippen LogP contribution in [0.5, 0.6) is 0 Å². The highest BCUT2D eigenvalue weighted by atomic mass is 19.2. The van der Waals surface area contributed by atoms with Crippen LogP contribution in [-0.4, -0.2) is 11.9 Å². The number of amides is 3. The van der Waals surface area contributed by atoms with Crippen molar-refractivity contribution in [1.82, 2.24) is 10.6 Å². The molecule has 0 aliphatic rings. The molecule has 1 unspecified atom stereocenters. The largest absolute Gasteiger partial charge is 0.352 e. The summed E-state index contributed by atoms with van der Waals surface area (Å²) in [5.74, 6) is -2.24. The first-order valence-corrected chi connectivity index (χ1v) is 7.25. The number of benzene rings is 2. The molecule has 0 aliphatic carbocycles. The molecule has 0 radical (unpaired) electrons. The molecule has 0 saturated carbocycles. The highest BCUT2D eigenvalue weighted by Crippen LogP contribution is 2.16. The van der Waals surface area contributed by atoms with Crippen molar-refractivity contribution in [3.05, 3.63) is 70.8 Å². The number of rotatable bonds is 5. The summed E-state index contributed by atoms with van der Waals surface area (Å²) in [5, 5.41) is 5.16. The quantitative estimate of drug-likeness (QED) is 0.786. The van der Waals surface area contributed by atoms with Gasteiger partial charge in [0.2, 0.25) is 0 Å². The summed E-state index contributed by atoms with van der Waals surface area (Å²) < 4.78 is 26.2. The van der Waals surface area contributed by atoms with Gasteiger partial charge in [-0.3, -0.25) is 4.79 Å². The van der Waals surface area contributed by atoms with Gasteiger partial charge in [-0.1, -0.05) is 18.2 Å².